The number of ether oxygens (including phenoxy) is 1. The highest BCUT2D eigenvalue weighted by atomic mass is 19.1. The maximum absolute atomic E-state index is 12.0. The molecule has 1 fully saturated rings. The number of azide groups is 1. The standard InChI is InChI=1S/C10H13N5O4.C4H3FN2O2/c1-5-3-15(10(18)12-9(5)17)8-2-6(13-14-11)7(4-16)19-8;5-2-1-6-4(9)7-3(2)8/h3,6-8,16H,2,4H2,1H3,(H,12,17,18);1H,(H2,6,7,8,9)/t6-,7+,8+;/m0./s1. The minimum absolute atomic E-state index is 0.265. The van der Waals surface area contributed by atoms with Crippen LogP contribution in [-0.4, -0.2) is 43.4 Å². The van der Waals surface area contributed by atoms with Gasteiger partial charge in [-0.2, -0.15) is 4.39 Å². The van der Waals surface area contributed by atoms with Crippen LogP contribution >= 0.6 is 0 Å². The lowest BCUT2D eigenvalue weighted by Crippen LogP contribution is -2.33. The molecule has 3 atom stereocenters. The third-order valence-corrected chi connectivity index (χ3v) is 3.81. The van der Waals surface area contributed by atoms with Gasteiger partial charge in [-0.25, -0.2) is 9.59 Å². The van der Waals surface area contributed by atoms with Gasteiger partial charge in [-0.05, 0) is 12.5 Å². The summed E-state index contributed by atoms with van der Waals surface area (Å²) < 4.78 is 18.7. The zero-order valence-electron chi connectivity index (χ0n) is 14.5. The number of H-pyrrole nitrogens is 3. The quantitative estimate of drug-likeness (QED) is 0.291. The molecule has 1 aliphatic rings. The number of nitrogens with one attached hydrogen (secondary N) is 3. The predicted molar refractivity (Wildman–Crippen MR) is 92.2 cm³/mol. The van der Waals surface area contributed by atoms with Crippen LogP contribution in [0.5, 0.6) is 0 Å². The number of aromatic amines is 3. The van der Waals surface area contributed by atoms with Crippen molar-refractivity contribution in [3.63, 3.8) is 0 Å². The van der Waals surface area contributed by atoms with Crippen LogP contribution in [0.3, 0.4) is 0 Å². The highest BCUT2D eigenvalue weighted by Gasteiger charge is 2.35. The first-order valence-electron chi connectivity index (χ1n) is 7.87. The maximum Gasteiger partial charge on any atom is 0.330 e. The highest BCUT2D eigenvalue weighted by molar-refractivity contribution is 5.02. The fourth-order valence-corrected chi connectivity index (χ4v) is 2.43. The van der Waals surface area contributed by atoms with E-state index in [0.29, 0.717) is 11.8 Å². The molecule has 28 heavy (non-hydrogen) atoms. The molecular formula is C14H16FN7O6. The Morgan fingerprint density at radius 1 is 1.36 bits per heavy atom. The summed E-state index contributed by atoms with van der Waals surface area (Å²) in [4.78, 5) is 51.8. The molecule has 4 N–H and O–H groups in total. The van der Waals surface area contributed by atoms with Crippen molar-refractivity contribution < 1.29 is 14.2 Å². The summed E-state index contributed by atoms with van der Waals surface area (Å²) in [6, 6.07) is -0.542. The van der Waals surface area contributed by atoms with Gasteiger partial charge in [-0.15, -0.1) is 0 Å². The summed E-state index contributed by atoms with van der Waals surface area (Å²) in [7, 11) is 0. The summed E-state index contributed by atoms with van der Waals surface area (Å²) in [6.45, 7) is 1.26. The molecule has 0 aliphatic carbocycles. The van der Waals surface area contributed by atoms with E-state index < -0.39 is 46.7 Å². The number of halogens is 1. The lowest BCUT2D eigenvalue weighted by atomic mass is 10.1. The number of aryl methyl sites for hydroxylation is 1. The van der Waals surface area contributed by atoms with Crippen molar-refractivity contribution in [2.45, 2.75) is 31.7 Å². The zero-order valence-corrected chi connectivity index (χ0v) is 14.5. The minimum Gasteiger partial charge on any atom is -0.394 e. The molecule has 0 unspecified atom stereocenters. The molecule has 0 radical (unpaired) electrons. The average Bonchev–Trinajstić information content (AvgIpc) is 3.05. The Bertz CT molecular complexity index is 1110. The van der Waals surface area contributed by atoms with E-state index in [1.54, 1.807) is 11.9 Å². The first-order valence-corrected chi connectivity index (χ1v) is 7.87. The number of hydrogen-bond acceptors (Lipinski definition) is 7. The molecule has 150 valence electrons. The van der Waals surface area contributed by atoms with Crippen LogP contribution in [0.15, 0.2) is 36.7 Å². The number of hydrogen-bond donors (Lipinski definition) is 4. The number of aliphatic hydroxyl groups excluding tert-OH is 1. The van der Waals surface area contributed by atoms with Gasteiger partial charge in [-0.3, -0.25) is 24.1 Å². The number of rotatable bonds is 3. The van der Waals surface area contributed by atoms with Crippen molar-refractivity contribution >= 4 is 0 Å². The average molecular weight is 397 g/mol. The van der Waals surface area contributed by atoms with Gasteiger partial charge in [-0.1, -0.05) is 5.11 Å². The molecule has 1 saturated heterocycles. The summed E-state index contributed by atoms with van der Waals surface area (Å²) in [5.41, 5.74) is 6.05. The fourth-order valence-electron chi connectivity index (χ4n) is 2.43. The van der Waals surface area contributed by atoms with Crippen LogP contribution < -0.4 is 22.5 Å². The van der Waals surface area contributed by atoms with Gasteiger partial charge in [0.05, 0.1) is 18.8 Å². The Balaban J connectivity index is 0.000000261. The molecule has 0 bridgehead atoms. The normalized spacial score (nSPS) is 20.8. The Morgan fingerprint density at radius 3 is 2.64 bits per heavy atom. The fraction of sp³-hybridized carbons (Fsp3) is 0.429. The van der Waals surface area contributed by atoms with E-state index >= 15 is 0 Å². The van der Waals surface area contributed by atoms with Crippen LogP contribution in [-0.2, 0) is 4.74 Å². The van der Waals surface area contributed by atoms with Gasteiger partial charge in [0, 0.05) is 29.3 Å². The summed E-state index contributed by atoms with van der Waals surface area (Å²) in [5.74, 6) is -0.991. The Kier molecular flexibility index (Phi) is 6.65. The second-order valence-electron chi connectivity index (χ2n) is 5.72. The van der Waals surface area contributed by atoms with Crippen molar-refractivity contribution in [1.29, 1.82) is 0 Å². The Labute approximate surface area is 154 Å². The number of nitrogens with zero attached hydrogens (tertiary/aromatic N) is 4. The molecule has 0 aromatic carbocycles. The van der Waals surface area contributed by atoms with Gasteiger partial charge in [0.2, 0.25) is 5.82 Å². The SMILES string of the molecule is Cc1cn([C@H]2C[C@H](N=[N+]=[N-])[C@@H](CO)O2)c(=O)[nH]c1=O.O=c1[nH]cc(F)c(=O)[nH]1. The molecule has 13 nitrogen and oxygen atoms in total. The second-order valence-corrected chi connectivity index (χ2v) is 5.72. The summed E-state index contributed by atoms with van der Waals surface area (Å²) >= 11 is 0. The van der Waals surface area contributed by atoms with E-state index in [1.807, 2.05) is 4.98 Å². The van der Waals surface area contributed by atoms with Crippen LogP contribution in [0.4, 0.5) is 4.39 Å². The maximum atomic E-state index is 12.0. The molecule has 3 rings (SSSR count). The second kappa shape index (κ2) is 8.94. The summed E-state index contributed by atoms with van der Waals surface area (Å²) in [5, 5.41) is 12.7. The molecule has 14 heteroatoms. The van der Waals surface area contributed by atoms with Gasteiger partial charge in [0.25, 0.3) is 11.1 Å². The van der Waals surface area contributed by atoms with Crippen molar-refractivity contribution in [3.8, 4) is 0 Å². The molecule has 3 heterocycles. The Hall–Kier alpha value is -3.48. The largest absolute Gasteiger partial charge is 0.394 e. The van der Waals surface area contributed by atoms with Gasteiger partial charge < -0.3 is 14.8 Å². The number of aliphatic hydroxyl groups is 1. The van der Waals surface area contributed by atoms with Gasteiger partial charge in [0.1, 0.15) is 6.23 Å². The van der Waals surface area contributed by atoms with E-state index in [9.17, 15) is 23.6 Å². The van der Waals surface area contributed by atoms with E-state index in [4.69, 9.17) is 15.4 Å². The van der Waals surface area contributed by atoms with Crippen molar-refractivity contribution in [3.05, 3.63) is 75.9 Å². The molecular weight excluding hydrogens is 381 g/mol. The smallest absolute Gasteiger partial charge is 0.330 e. The monoisotopic (exact) mass is 397 g/mol. The molecule has 0 spiro atoms. The van der Waals surface area contributed by atoms with Crippen molar-refractivity contribution in [2.24, 2.45) is 5.11 Å². The molecule has 2 aromatic rings. The summed E-state index contributed by atoms with van der Waals surface area (Å²) in [6.07, 6.45) is 1.04. The van der Waals surface area contributed by atoms with E-state index in [0.717, 1.165) is 0 Å². The minimum atomic E-state index is -1.00. The molecule has 0 amide bonds. The first kappa shape index (κ1) is 20.8. The molecule has 0 saturated carbocycles. The molecule has 1 aliphatic heterocycles. The van der Waals surface area contributed by atoms with Gasteiger partial charge >= 0.3 is 11.4 Å². The zero-order chi connectivity index (χ0) is 20.8. The lowest BCUT2D eigenvalue weighted by molar-refractivity contribution is -0.0271. The predicted octanol–water partition coefficient (Wildman–Crippen LogP) is -0.994. The highest BCUT2D eigenvalue weighted by Crippen LogP contribution is 2.29. The third-order valence-electron chi connectivity index (χ3n) is 3.81. The van der Waals surface area contributed by atoms with E-state index in [-0.39, 0.29) is 13.0 Å². The third kappa shape index (κ3) is 4.82. The van der Waals surface area contributed by atoms with Crippen LogP contribution in [0, 0.1) is 12.7 Å². The number of aromatic nitrogens is 4. The molecule has 2 aromatic heterocycles. The van der Waals surface area contributed by atoms with E-state index in [1.165, 1.54) is 10.8 Å². The van der Waals surface area contributed by atoms with Gasteiger partial charge in [0.15, 0.2) is 0 Å². The first-order chi connectivity index (χ1) is 13.3. The Morgan fingerprint density at radius 2 is 2.07 bits per heavy atom. The van der Waals surface area contributed by atoms with Crippen molar-refractivity contribution in [2.75, 3.05) is 6.61 Å². The van der Waals surface area contributed by atoms with E-state index in [2.05, 4.69) is 15.0 Å². The van der Waals surface area contributed by atoms with Crippen LogP contribution in [0.1, 0.15) is 18.2 Å². The van der Waals surface area contributed by atoms with Crippen molar-refractivity contribution in [1.82, 2.24) is 19.5 Å². The topological polar surface area (TPSA) is 199 Å². The lowest BCUT2D eigenvalue weighted by Gasteiger charge is -2.14. The van der Waals surface area contributed by atoms with Crippen LogP contribution in [0.25, 0.3) is 10.4 Å². The van der Waals surface area contributed by atoms with Crippen LogP contribution in [0.2, 0.25) is 0 Å².